The second-order valence-electron chi connectivity index (χ2n) is 13.3. The fourth-order valence-corrected chi connectivity index (χ4v) is 6.50. The number of hydrogen-bond acceptors (Lipinski definition) is 15. The standard InChI is InChI=1S/C32H46O15/c1-6-32(5,29-26(39)23(36)19(12-42-29)46-31(3,4)28-25(38)22(35)17(33)11-41-28)47-20-13-43-30(27(40)24(20)37)44-15-7-8-16-14(2)9-21(34)45-18(16)10-15/h7-10,17,19-20,22-30,33,35-40H,6,11-13H2,1-5H3. The van der Waals surface area contributed by atoms with Crippen molar-refractivity contribution in [3.63, 3.8) is 0 Å². The van der Waals surface area contributed by atoms with Gasteiger partial charge in [-0.2, -0.15) is 0 Å². The summed E-state index contributed by atoms with van der Waals surface area (Å²) in [6.07, 6.45) is -15.5. The van der Waals surface area contributed by atoms with Gasteiger partial charge in [0.1, 0.15) is 78.5 Å². The Kier molecular flexibility index (Phi) is 10.7. The van der Waals surface area contributed by atoms with Crippen LogP contribution in [-0.2, 0) is 23.7 Å². The van der Waals surface area contributed by atoms with E-state index in [1.807, 2.05) is 0 Å². The average molecular weight is 671 g/mol. The summed E-state index contributed by atoms with van der Waals surface area (Å²) in [7, 11) is 0. The molecule has 15 heteroatoms. The molecular weight excluding hydrogens is 624 g/mol. The number of benzene rings is 1. The first-order valence-electron chi connectivity index (χ1n) is 15.7. The molecule has 0 aliphatic carbocycles. The molecule has 15 nitrogen and oxygen atoms in total. The second kappa shape index (κ2) is 13.9. The number of fused-ring (bicyclic) bond motifs is 1. The van der Waals surface area contributed by atoms with Crippen LogP contribution < -0.4 is 10.4 Å². The number of aryl methyl sites for hydroxylation is 1. The van der Waals surface area contributed by atoms with Crippen LogP contribution in [0.25, 0.3) is 11.0 Å². The molecule has 47 heavy (non-hydrogen) atoms. The molecule has 3 aliphatic rings. The largest absolute Gasteiger partial charge is 0.462 e. The lowest BCUT2D eigenvalue weighted by molar-refractivity contribution is -0.312. The van der Waals surface area contributed by atoms with Crippen LogP contribution in [0.2, 0.25) is 0 Å². The highest BCUT2D eigenvalue weighted by Crippen LogP contribution is 2.37. The molecule has 3 aliphatic heterocycles. The van der Waals surface area contributed by atoms with Crippen molar-refractivity contribution in [2.24, 2.45) is 0 Å². The van der Waals surface area contributed by atoms with E-state index in [0.717, 1.165) is 5.56 Å². The van der Waals surface area contributed by atoms with Gasteiger partial charge in [0.2, 0.25) is 6.29 Å². The van der Waals surface area contributed by atoms with E-state index in [9.17, 15) is 40.5 Å². The molecule has 2 aromatic rings. The molecule has 13 unspecified atom stereocenters. The SMILES string of the molecule is CCC(C)(OC1COC(Oc2ccc3c(C)cc(=O)oc3c2)C(O)C1O)C1OCC(OC(C)(C)C2OCC(O)C(O)C2O)C(O)C1O. The van der Waals surface area contributed by atoms with Crippen molar-refractivity contribution in [2.75, 3.05) is 19.8 Å². The number of rotatable bonds is 9. The first-order chi connectivity index (χ1) is 22.1. The summed E-state index contributed by atoms with van der Waals surface area (Å²) in [6, 6.07) is 6.20. The molecule has 1 aromatic carbocycles. The van der Waals surface area contributed by atoms with Crippen molar-refractivity contribution in [1.82, 2.24) is 0 Å². The van der Waals surface area contributed by atoms with Crippen LogP contribution in [0, 0.1) is 6.92 Å². The predicted octanol–water partition coefficient (Wildman–Crippen LogP) is -1.12. The van der Waals surface area contributed by atoms with Crippen molar-refractivity contribution in [1.29, 1.82) is 0 Å². The van der Waals surface area contributed by atoms with Gasteiger partial charge < -0.3 is 68.6 Å². The summed E-state index contributed by atoms with van der Waals surface area (Å²) in [5, 5.41) is 75.3. The van der Waals surface area contributed by atoms with E-state index in [1.165, 1.54) is 12.1 Å². The molecule has 3 saturated heterocycles. The molecule has 264 valence electrons. The van der Waals surface area contributed by atoms with Crippen LogP contribution in [0.4, 0.5) is 0 Å². The van der Waals surface area contributed by atoms with Gasteiger partial charge in [0.15, 0.2) is 0 Å². The minimum Gasteiger partial charge on any atom is -0.462 e. The van der Waals surface area contributed by atoms with E-state index in [2.05, 4.69) is 0 Å². The smallest absolute Gasteiger partial charge is 0.336 e. The predicted molar refractivity (Wildman–Crippen MR) is 162 cm³/mol. The minimum absolute atomic E-state index is 0.188. The molecule has 3 fully saturated rings. The van der Waals surface area contributed by atoms with Crippen molar-refractivity contribution in [3.05, 3.63) is 40.2 Å². The number of ether oxygens (including phenoxy) is 6. The summed E-state index contributed by atoms with van der Waals surface area (Å²) in [4.78, 5) is 11.8. The van der Waals surface area contributed by atoms with E-state index >= 15 is 0 Å². The molecule has 7 N–H and O–H groups in total. The summed E-state index contributed by atoms with van der Waals surface area (Å²) >= 11 is 0. The first kappa shape index (κ1) is 36.0. The quantitative estimate of drug-likeness (QED) is 0.157. The Morgan fingerprint density at radius 2 is 1.38 bits per heavy atom. The van der Waals surface area contributed by atoms with E-state index in [0.29, 0.717) is 11.0 Å². The van der Waals surface area contributed by atoms with Crippen LogP contribution in [-0.4, -0.2) is 140 Å². The van der Waals surface area contributed by atoms with Gasteiger partial charge in [0, 0.05) is 17.5 Å². The number of hydrogen-bond donors (Lipinski definition) is 7. The molecule has 0 radical (unpaired) electrons. The molecule has 0 amide bonds. The Morgan fingerprint density at radius 1 is 0.766 bits per heavy atom. The topological polar surface area (TPSA) is 227 Å². The Morgan fingerprint density at radius 3 is 2.09 bits per heavy atom. The molecule has 1 aromatic heterocycles. The lowest BCUT2D eigenvalue weighted by Crippen LogP contribution is -2.66. The Hall–Kier alpha value is -2.25. The van der Waals surface area contributed by atoms with Crippen LogP contribution >= 0.6 is 0 Å². The van der Waals surface area contributed by atoms with Gasteiger partial charge in [-0.05, 0) is 51.8 Å². The Balaban J connectivity index is 1.21. The summed E-state index contributed by atoms with van der Waals surface area (Å²) < 4.78 is 40.6. The van der Waals surface area contributed by atoms with Gasteiger partial charge in [-0.3, -0.25) is 0 Å². The third-order valence-electron chi connectivity index (χ3n) is 9.46. The molecule has 13 atom stereocenters. The Labute approximate surface area is 271 Å². The van der Waals surface area contributed by atoms with Crippen LogP contribution in [0.5, 0.6) is 5.75 Å². The van der Waals surface area contributed by atoms with Crippen LogP contribution in [0.15, 0.2) is 33.5 Å². The average Bonchev–Trinajstić information content (AvgIpc) is 3.01. The van der Waals surface area contributed by atoms with Gasteiger partial charge in [-0.15, -0.1) is 0 Å². The fraction of sp³-hybridized carbons (Fsp3) is 0.719. The minimum atomic E-state index is -1.55. The van der Waals surface area contributed by atoms with E-state index in [1.54, 1.807) is 46.8 Å². The van der Waals surface area contributed by atoms with Gasteiger partial charge in [-0.1, -0.05) is 6.92 Å². The normalized spacial score (nSPS) is 38.2. The summed E-state index contributed by atoms with van der Waals surface area (Å²) in [6.45, 7) is 7.75. The number of aliphatic hydroxyl groups excluding tert-OH is 7. The van der Waals surface area contributed by atoms with Gasteiger partial charge in [0.25, 0.3) is 0 Å². The maximum absolute atomic E-state index is 11.8. The van der Waals surface area contributed by atoms with E-state index in [4.69, 9.17) is 32.8 Å². The molecule has 0 spiro atoms. The van der Waals surface area contributed by atoms with Gasteiger partial charge >= 0.3 is 5.63 Å². The summed E-state index contributed by atoms with van der Waals surface area (Å²) in [5.74, 6) is 0.242. The lowest BCUT2D eigenvalue weighted by Gasteiger charge is -2.50. The van der Waals surface area contributed by atoms with Crippen molar-refractivity contribution in [2.45, 2.75) is 126 Å². The zero-order chi connectivity index (χ0) is 34.4. The first-order valence-corrected chi connectivity index (χ1v) is 15.7. The molecule has 0 saturated carbocycles. The molecule has 4 heterocycles. The third kappa shape index (κ3) is 7.22. The molecule has 5 rings (SSSR count). The Bertz CT molecular complexity index is 1430. The highest BCUT2D eigenvalue weighted by Gasteiger charge is 2.53. The zero-order valence-electron chi connectivity index (χ0n) is 27.0. The highest BCUT2D eigenvalue weighted by atomic mass is 16.7. The number of aliphatic hydroxyl groups is 7. The molecular formula is C32H46O15. The fourth-order valence-electron chi connectivity index (χ4n) is 6.50. The highest BCUT2D eigenvalue weighted by molar-refractivity contribution is 5.81. The zero-order valence-corrected chi connectivity index (χ0v) is 27.0. The summed E-state index contributed by atoms with van der Waals surface area (Å²) in [5.41, 5.74) is -2.04. The monoisotopic (exact) mass is 670 g/mol. The van der Waals surface area contributed by atoms with Crippen molar-refractivity contribution >= 4 is 11.0 Å². The molecule has 0 bridgehead atoms. The van der Waals surface area contributed by atoms with Gasteiger partial charge in [0.05, 0.1) is 31.0 Å². The second-order valence-corrected chi connectivity index (χ2v) is 13.3. The lowest BCUT2D eigenvalue weighted by atomic mass is 9.84. The van der Waals surface area contributed by atoms with Gasteiger partial charge in [-0.25, -0.2) is 4.79 Å². The van der Waals surface area contributed by atoms with E-state index < -0.39 is 90.3 Å². The van der Waals surface area contributed by atoms with Crippen LogP contribution in [0.3, 0.4) is 0 Å². The van der Waals surface area contributed by atoms with E-state index in [-0.39, 0.29) is 32.0 Å². The van der Waals surface area contributed by atoms with Crippen LogP contribution in [0.1, 0.15) is 39.7 Å². The van der Waals surface area contributed by atoms with Crippen molar-refractivity contribution in [3.8, 4) is 5.75 Å². The third-order valence-corrected chi connectivity index (χ3v) is 9.46. The van der Waals surface area contributed by atoms with Crippen molar-refractivity contribution < 1.29 is 68.6 Å². The maximum atomic E-state index is 11.8. The maximum Gasteiger partial charge on any atom is 0.336 e.